The number of carboxylic acid groups (broad SMARTS) is 2. The van der Waals surface area contributed by atoms with Crippen LogP contribution in [0.2, 0.25) is 0 Å². The molecule has 3 aromatic rings. The van der Waals surface area contributed by atoms with Gasteiger partial charge in [-0.2, -0.15) is 0 Å². The average molecular weight is 412 g/mol. The van der Waals surface area contributed by atoms with E-state index in [-0.39, 0.29) is 48.9 Å². The fourth-order valence-corrected chi connectivity index (χ4v) is 2.78. The fraction of sp³-hybridized carbons (Fsp3) is 0. The molecule has 0 radical (unpaired) electrons. The van der Waals surface area contributed by atoms with Gasteiger partial charge in [-0.15, -0.1) is 11.3 Å². The largest absolute Gasteiger partial charge is 2.00 e. The zero-order valence-corrected chi connectivity index (χ0v) is 15.8. The van der Waals surface area contributed by atoms with E-state index in [1.165, 1.54) is 20.2 Å². The van der Waals surface area contributed by atoms with Gasteiger partial charge in [0.05, 0.1) is 0 Å². The Bertz CT molecular complexity index is 610. The molecule has 0 fully saturated rings. The van der Waals surface area contributed by atoms with Gasteiger partial charge in [0.2, 0.25) is 0 Å². The van der Waals surface area contributed by atoms with Crippen molar-refractivity contribution in [3.05, 3.63) is 48.5 Å². The van der Waals surface area contributed by atoms with Crippen LogP contribution >= 0.6 is 11.3 Å². The van der Waals surface area contributed by atoms with Gasteiger partial charge < -0.3 is 19.8 Å². The number of carbonyl (C=O) groups excluding carboxylic acids is 2. The van der Waals surface area contributed by atoms with Gasteiger partial charge in [0.1, 0.15) is 0 Å². The van der Waals surface area contributed by atoms with Crippen molar-refractivity contribution < 1.29 is 19.8 Å². The smallest absolute Gasteiger partial charge is 0.554 e. The normalized spacial score (nSPS) is 8.40. The van der Waals surface area contributed by atoms with Gasteiger partial charge >= 0.3 is 48.9 Å². The van der Waals surface area contributed by atoms with Crippen LogP contribution in [0.15, 0.2) is 48.5 Å². The van der Waals surface area contributed by atoms with Crippen LogP contribution in [0.3, 0.4) is 0 Å². The van der Waals surface area contributed by atoms with Gasteiger partial charge in [-0.25, -0.2) is 0 Å². The first kappa shape index (κ1) is 19.2. The van der Waals surface area contributed by atoms with Crippen molar-refractivity contribution in [2.75, 3.05) is 0 Å². The first-order chi connectivity index (χ1) is 9.28. The summed E-state index contributed by atoms with van der Waals surface area (Å²) in [6.07, 6.45) is 0. The second-order valence-electron chi connectivity index (χ2n) is 3.29. The standard InChI is InChI=1S/C12H8S.2CH2O2.Ba/c1-3-7-11-9(5-1)10-6-2-4-8-12(10)13-11;2*2-1-3;/h1-8H;2*1H,(H,2,3);/q;;;+2/p-2. The maximum atomic E-state index is 8.25. The van der Waals surface area contributed by atoms with Crippen LogP contribution in [0.4, 0.5) is 0 Å². The number of fused-ring (bicyclic) bond motifs is 3. The van der Waals surface area contributed by atoms with Crippen LogP contribution in [0, 0.1) is 0 Å². The van der Waals surface area contributed by atoms with Crippen molar-refractivity contribution in [1.29, 1.82) is 0 Å². The molecule has 20 heavy (non-hydrogen) atoms. The molecule has 4 nitrogen and oxygen atoms in total. The van der Waals surface area contributed by atoms with Crippen LogP contribution in [-0.4, -0.2) is 61.8 Å². The van der Waals surface area contributed by atoms with E-state index in [0.717, 1.165) is 0 Å². The summed E-state index contributed by atoms with van der Waals surface area (Å²) in [7, 11) is 0. The molecule has 0 aliphatic carbocycles. The predicted octanol–water partition coefficient (Wildman–Crippen LogP) is 0.406. The minimum Gasteiger partial charge on any atom is -0.554 e. The number of benzene rings is 2. The molecule has 0 unspecified atom stereocenters. The van der Waals surface area contributed by atoms with E-state index in [0.29, 0.717) is 0 Å². The zero-order valence-electron chi connectivity index (χ0n) is 10.5. The van der Waals surface area contributed by atoms with Crippen LogP contribution in [-0.2, 0) is 9.59 Å². The molecule has 0 bridgehead atoms. The summed E-state index contributed by atoms with van der Waals surface area (Å²) in [5, 5.41) is 19.3. The maximum absolute atomic E-state index is 8.25. The van der Waals surface area contributed by atoms with E-state index in [2.05, 4.69) is 48.5 Å². The molecule has 2 aromatic carbocycles. The summed E-state index contributed by atoms with van der Waals surface area (Å²) in [4.78, 5) is 16.5. The maximum Gasteiger partial charge on any atom is 2.00 e. The molecule has 0 amide bonds. The number of hydrogen-bond acceptors (Lipinski definition) is 5. The number of carbonyl (C=O) groups is 2. The topological polar surface area (TPSA) is 80.3 Å². The third-order valence-electron chi connectivity index (χ3n) is 2.28. The van der Waals surface area contributed by atoms with Crippen LogP contribution < -0.4 is 10.2 Å². The monoisotopic (exact) mass is 412 g/mol. The molecule has 0 saturated heterocycles. The molecule has 0 aliphatic heterocycles. The van der Waals surface area contributed by atoms with Crippen LogP contribution in [0.25, 0.3) is 20.2 Å². The SMILES string of the molecule is O=C[O-].O=C[O-].[Ba+2].c1ccc2c(c1)sc1ccccc12. The van der Waals surface area contributed by atoms with Crippen LogP contribution in [0.1, 0.15) is 0 Å². The van der Waals surface area contributed by atoms with Gasteiger partial charge in [-0.3, -0.25) is 0 Å². The minimum atomic E-state index is -0.500. The van der Waals surface area contributed by atoms with E-state index in [1.54, 1.807) is 0 Å². The number of hydrogen-bond donors (Lipinski definition) is 0. The van der Waals surface area contributed by atoms with Gasteiger partial charge in [-0.1, -0.05) is 36.4 Å². The molecular formula is C14H10BaO4S. The van der Waals surface area contributed by atoms with E-state index in [4.69, 9.17) is 19.8 Å². The predicted molar refractivity (Wildman–Crippen MR) is 77.2 cm³/mol. The van der Waals surface area contributed by atoms with Crippen LogP contribution in [0.5, 0.6) is 0 Å². The van der Waals surface area contributed by atoms with Crippen molar-refractivity contribution in [3.8, 4) is 0 Å². The summed E-state index contributed by atoms with van der Waals surface area (Å²) in [5.41, 5.74) is 0. The summed E-state index contributed by atoms with van der Waals surface area (Å²) in [6.45, 7) is -1.00. The Labute approximate surface area is 160 Å². The Morgan fingerprint density at radius 1 is 0.750 bits per heavy atom. The molecule has 0 N–H and O–H groups in total. The summed E-state index contributed by atoms with van der Waals surface area (Å²) >= 11 is 1.86. The third-order valence-corrected chi connectivity index (χ3v) is 3.44. The van der Waals surface area contributed by atoms with Gasteiger partial charge in [0, 0.05) is 33.1 Å². The molecule has 0 spiro atoms. The first-order valence-corrected chi connectivity index (χ1v) is 6.07. The average Bonchev–Trinajstić information content (AvgIpc) is 2.79. The van der Waals surface area contributed by atoms with E-state index < -0.39 is 12.9 Å². The molecule has 0 aliphatic rings. The van der Waals surface area contributed by atoms with Crippen molar-refractivity contribution in [2.24, 2.45) is 0 Å². The van der Waals surface area contributed by atoms with E-state index >= 15 is 0 Å². The summed E-state index contributed by atoms with van der Waals surface area (Å²) in [6, 6.07) is 17.1. The van der Waals surface area contributed by atoms with E-state index in [1.807, 2.05) is 11.3 Å². The second-order valence-corrected chi connectivity index (χ2v) is 4.37. The summed E-state index contributed by atoms with van der Waals surface area (Å²) in [5.74, 6) is 0. The molecule has 3 rings (SSSR count). The third kappa shape index (κ3) is 5.28. The molecule has 1 heterocycles. The Hall–Kier alpha value is -0.829. The van der Waals surface area contributed by atoms with E-state index in [9.17, 15) is 0 Å². The van der Waals surface area contributed by atoms with Crippen molar-refractivity contribution in [1.82, 2.24) is 0 Å². The molecular weight excluding hydrogens is 402 g/mol. The molecule has 6 heteroatoms. The molecule has 0 atom stereocenters. The molecule has 1 aromatic heterocycles. The van der Waals surface area contributed by atoms with Crippen molar-refractivity contribution >= 4 is 93.3 Å². The van der Waals surface area contributed by atoms with Crippen molar-refractivity contribution in [3.63, 3.8) is 0 Å². The molecule has 0 saturated carbocycles. The first-order valence-electron chi connectivity index (χ1n) is 5.26. The second kappa shape index (κ2) is 10.9. The quantitative estimate of drug-likeness (QED) is 0.396. The van der Waals surface area contributed by atoms with Crippen molar-refractivity contribution in [2.45, 2.75) is 0 Å². The Morgan fingerprint density at radius 2 is 1.05 bits per heavy atom. The zero-order chi connectivity index (χ0) is 14.1. The summed E-state index contributed by atoms with van der Waals surface area (Å²) < 4.78 is 2.76. The fourth-order valence-electron chi connectivity index (χ4n) is 1.67. The number of rotatable bonds is 0. The Balaban J connectivity index is 0.000000452. The molecule has 98 valence electrons. The van der Waals surface area contributed by atoms with Gasteiger partial charge in [0.15, 0.2) is 0 Å². The van der Waals surface area contributed by atoms with Gasteiger partial charge in [0.25, 0.3) is 0 Å². The Kier molecular flexibility index (Phi) is 10.4. The number of thiophene rings is 1. The Morgan fingerprint density at radius 3 is 1.40 bits per heavy atom. The minimum absolute atomic E-state index is 0. The van der Waals surface area contributed by atoms with Gasteiger partial charge in [-0.05, 0) is 12.1 Å².